The number of oxazole rings is 1. The van der Waals surface area contributed by atoms with Gasteiger partial charge >= 0.3 is 0 Å². The van der Waals surface area contributed by atoms with Gasteiger partial charge in [-0.3, -0.25) is 4.79 Å². The fourth-order valence-corrected chi connectivity index (χ4v) is 3.39. The summed E-state index contributed by atoms with van der Waals surface area (Å²) >= 11 is 0. The second-order valence-corrected chi connectivity index (χ2v) is 7.16. The number of hydrogen-bond donors (Lipinski definition) is 1. The lowest BCUT2D eigenvalue weighted by molar-refractivity contribution is -0.121. The molecule has 0 radical (unpaired) electrons. The van der Waals surface area contributed by atoms with Gasteiger partial charge in [-0.2, -0.15) is 0 Å². The summed E-state index contributed by atoms with van der Waals surface area (Å²) in [4.78, 5) is 21.5. The molecule has 1 atom stereocenters. The SMILES string of the molecule is COc1cccc(C(NC(=O)CCc2ncc(-c3ccccc3)o2)c2nccn2C)c1. The number of aromatic nitrogens is 3. The number of imidazole rings is 1. The molecule has 4 aromatic rings. The Bertz CT molecular complexity index is 1150. The van der Waals surface area contributed by atoms with Gasteiger partial charge in [-0.15, -0.1) is 0 Å². The number of nitrogens with zero attached hydrogens (tertiary/aromatic N) is 3. The Kier molecular flexibility index (Phi) is 6.12. The molecular weight excluding hydrogens is 392 g/mol. The molecule has 0 fully saturated rings. The molecule has 0 saturated carbocycles. The molecular formula is C24H24N4O3. The van der Waals surface area contributed by atoms with Crippen molar-refractivity contribution in [3.8, 4) is 17.1 Å². The van der Waals surface area contributed by atoms with Crippen LogP contribution in [-0.4, -0.2) is 27.6 Å². The minimum Gasteiger partial charge on any atom is -0.497 e. The largest absolute Gasteiger partial charge is 0.497 e. The Morgan fingerprint density at radius 2 is 2.00 bits per heavy atom. The van der Waals surface area contributed by atoms with Gasteiger partial charge in [0.1, 0.15) is 17.6 Å². The lowest BCUT2D eigenvalue weighted by Gasteiger charge is -2.19. The molecule has 2 aromatic carbocycles. The van der Waals surface area contributed by atoms with Crippen LogP contribution in [0.3, 0.4) is 0 Å². The van der Waals surface area contributed by atoms with E-state index in [4.69, 9.17) is 9.15 Å². The van der Waals surface area contributed by atoms with Crippen LogP contribution >= 0.6 is 0 Å². The smallest absolute Gasteiger partial charge is 0.221 e. The highest BCUT2D eigenvalue weighted by Gasteiger charge is 2.21. The molecule has 1 amide bonds. The molecule has 1 unspecified atom stereocenters. The molecule has 4 rings (SSSR count). The molecule has 0 aliphatic carbocycles. The summed E-state index contributed by atoms with van der Waals surface area (Å²) in [5.41, 5.74) is 1.85. The van der Waals surface area contributed by atoms with Gasteiger partial charge in [0.15, 0.2) is 11.7 Å². The fraction of sp³-hybridized carbons (Fsp3) is 0.208. The maximum absolute atomic E-state index is 12.8. The van der Waals surface area contributed by atoms with Crippen molar-refractivity contribution in [1.29, 1.82) is 0 Å². The lowest BCUT2D eigenvalue weighted by Crippen LogP contribution is -2.31. The Labute approximate surface area is 180 Å². The monoisotopic (exact) mass is 416 g/mol. The number of carbonyl (C=O) groups excluding carboxylic acids is 1. The van der Waals surface area contributed by atoms with E-state index in [9.17, 15) is 4.79 Å². The average molecular weight is 416 g/mol. The quantitative estimate of drug-likeness (QED) is 0.471. The summed E-state index contributed by atoms with van der Waals surface area (Å²) in [6, 6.07) is 17.0. The van der Waals surface area contributed by atoms with E-state index in [1.165, 1.54) is 0 Å². The van der Waals surface area contributed by atoms with Crippen molar-refractivity contribution >= 4 is 5.91 Å². The molecule has 7 heteroatoms. The zero-order valence-corrected chi connectivity index (χ0v) is 17.5. The Balaban J connectivity index is 1.46. The fourth-order valence-electron chi connectivity index (χ4n) is 3.39. The van der Waals surface area contributed by atoms with Gasteiger partial charge in [0.2, 0.25) is 5.91 Å². The van der Waals surface area contributed by atoms with Crippen LogP contribution in [0.2, 0.25) is 0 Å². The number of hydrogen-bond acceptors (Lipinski definition) is 5. The van der Waals surface area contributed by atoms with E-state index in [0.717, 1.165) is 22.7 Å². The second kappa shape index (κ2) is 9.30. The molecule has 2 heterocycles. The van der Waals surface area contributed by atoms with Crippen molar-refractivity contribution in [1.82, 2.24) is 19.9 Å². The summed E-state index contributed by atoms with van der Waals surface area (Å²) in [6.07, 6.45) is 5.91. The van der Waals surface area contributed by atoms with Gasteiger partial charge in [-0.1, -0.05) is 42.5 Å². The van der Waals surface area contributed by atoms with Gasteiger partial charge in [0.05, 0.1) is 13.3 Å². The third-order valence-electron chi connectivity index (χ3n) is 5.03. The number of ether oxygens (including phenoxy) is 1. The number of aryl methyl sites for hydroxylation is 2. The van der Waals surface area contributed by atoms with Crippen molar-refractivity contribution in [2.24, 2.45) is 7.05 Å². The van der Waals surface area contributed by atoms with Gasteiger partial charge in [0, 0.05) is 37.8 Å². The highest BCUT2D eigenvalue weighted by Crippen LogP contribution is 2.25. The predicted molar refractivity (Wildman–Crippen MR) is 116 cm³/mol. The Morgan fingerprint density at radius 3 is 2.74 bits per heavy atom. The maximum atomic E-state index is 12.8. The van der Waals surface area contributed by atoms with Crippen LogP contribution in [0.4, 0.5) is 0 Å². The maximum Gasteiger partial charge on any atom is 0.221 e. The standard InChI is InChI=1S/C24H24N4O3/c1-28-14-13-25-24(28)23(18-9-6-10-19(15-18)30-2)27-21(29)11-12-22-26-16-20(31-22)17-7-4-3-5-8-17/h3-10,13-16,23H,11-12H2,1-2H3,(H,27,29). The molecule has 31 heavy (non-hydrogen) atoms. The van der Waals surface area contributed by atoms with Crippen LogP contribution < -0.4 is 10.1 Å². The third kappa shape index (κ3) is 4.83. The molecule has 0 bridgehead atoms. The van der Waals surface area contributed by atoms with Gasteiger partial charge in [-0.05, 0) is 17.7 Å². The zero-order chi connectivity index (χ0) is 21.6. The summed E-state index contributed by atoms with van der Waals surface area (Å²) in [7, 11) is 3.52. The first kappa shape index (κ1) is 20.4. The predicted octanol–water partition coefficient (Wildman–Crippen LogP) is 3.92. The topological polar surface area (TPSA) is 82.2 Å². The number of rotatable bonds is 8. The molecule has 0 aliphatic rings. The number of benzene rings is 2. The summed E-state index contributed by atoms with van der Waals surface area (Å²) in [5.74, 6) is 2.57. The van der Waals surface area contributed by atoms with Crippen molar-refractivity contribution in [3.63, 3.8) is 0 Å². The third-order valence-corrected chi connectivity index (χ3v) is 5.03. The van der Waals surface area contributed by atoms with Crippen LogP contribution in [0.25, 0.3) is 11.3 Å². The molecule has 0 saturated heterocycles. The Morgan fingerprint density at radius 1 is 1.16 bits per heavy atom. The lowest BCUT2D eigenvalue weighted by atomic mass is 10.1. The number of nitrogens with one attached hydrogen (secondary N) is 1. The van der Waals surface area contributed by atoms with Crippen LogP contribution in [0.15, 0.2) is 77.6 Å². The van der Waals surface area contributed by atoms with Crippen LogP contribution in [0.5, 0.6) is 5.75 Å². The van der Waals surface area contributed by atoms with Crippen LogP contribution in [-0.2, 0) is 18.3 Å². The summed E-state index contributed by atoms with van der Waals surface area (Å²) in [6.45, 7) is 0. The first-order chi connectivity index (χ1) is 15.1. The second-order valence-electron chi connectivity index (χ2n) is 7.16. The number of amides is 1. The first-order valence-corrected chi connectivity index (χ1v) is 10.0. The van der Waals surface area contributed by atoms with Gasteiger partial charge in [-0.25, -0.2) is 9.97 Å². The van der Waals surface area contributed by atoms with Crippen molar-refractivity contribution in [2.75, 3.05) is 7.11 Å². The summed E-state index contributed by atoms with van der Waals surface area (Å²) < 4.78 is 13.0. The summed E-state index contributed by atoms with van der Waals surface area (Å²) in [5, 5.41) is 3.09. The molecule has 0 spiro atoms. The van der Waals surface area contributed by atoms with E-state index in [2.05, 4.69) is 15.3 Å². The molecule has 0 aliphatic heterocycles. The minimum absolute atomic E-state index is 0.115. The van der Waals surface area contributed by atoms with Crippen molar-refractivity contribution < 1.29 is 13.9 Å². The Hall–Kier alpha value is -3.87. The first-order valence-electron chi connectivity index (χ1n) is 10.0. The van der Waals surface area contributed by atoms with E-state index in [0.29, 0.717) is 18.1 Å². The van der Waals surface area contributed by atoms with Gasteiger partial charge in [0.25, 0.3) is 0 Å². The molecule has 158 valence electrons. The van der Waals surface area contributed by atoms with E-state index in [-0.39, 0.29) is 12.3 Å². The minimum atomic E-state index is -0.396. The number of methoxy groups -OCH3 is 1. The van der Waals surface area contributed by atoms with Crippen molar-refractivity contribution in [2.45, 2.75) is 18.9 Å². The highest BCUT2D eigenvalue weighted by atomic mass is 16.5. The molecule has 2 aromatic heterocycles. The van der Waals surface area contributed by atoms with Crippen LogP contribution in [0, 0.1) is 0 Å². The highest BCUT2D eigenvalue weighted by molar-refractivity contribution is 5.77. The zero-order valence-electron chi connectivity index (χ0n) is 17.5. The van der Waals surface area contributed by atoms with E-state index in [1.807, 2.05) is 72.4 Å². The molecule has 7 nitrogen and oxygen atoms in total. The average Bonchev–Trinajstić information content (AvgIpc) is 3.46. The van der Waals surface area contributed by atoms with E-state index < -0.39 is 6.04 Å². The molecule has 1 N–H and O–H groups in total. The van der Waals surface area contributed by atoms with Crippen LogP contribution in [0.1, 0.15) is 29.7 Å². The van der Waals surface area contributed by atoms with E-state index in [1.54, 1.807) is 19.5 Å². The normalized spacial score (nSPS) is 11.8. The van der Waals surface area contributed by atoms with E-state index >= 15 is 0 Å². The number of carbonyl (C=O) groups is 1. The van der Waals surface area contributed by atoms with Crippen molar-refractivity contribution in [3.05, 3.63) is 90.5 Å². The van der Waals surface area contributed by atoms with Gasteiger partial charge < -0.3 is 19.0 Å².